The first-order valence-electron chi connectivity index (χ1n) is 12.6. The van der Waals surface area contributed by atoms with Crippen molar-refractivity contribution in [2.75, 3.05) is 33.9 Å². The maximum absolute atomic E-state index is 12.7. The van der Waals surface area contributed by atoms with E-state index in [0.29, 0.717) is 30.0 Å². The number of hydrogen-bond donors (Lipinski definition) is 3. The van der Waals surface area contributed by atoms with Crippen LogP contribution in [0, 0.1) is 0 Å². The number of carbonyl (C=O) groups excluding carboxylic acids is 4. The highest BCUT2D eigenvalue weighted by Crippen LogP contribution is 2.27. The maximum Gasteiger partial charge on any atom is 0.325 e. The fraction of sp³-hybridized carbons (Fsp3) is 0.250. The standard InChI is InChI=1S/C28H30N4O9S/c1-4-41-25(33)17-31-28(36)22-11-7-20(16-30-22)27(35)32-42(37,38)21-9-5-18(6-10-21)13-14-29-26(34)19-8-12-23(39-2)24(15-19)40-3/h5-12,15-16H,4,13-14,17H2,1-3H3,(H,29,34)(H,31,36)(H,32,35). The quantitative estimate of drug-likeness (QED) is 0.244. The molecule has 1 heterocycles. The van der Waals surface area contributed by atoms with Crippen LogP contribution in [0.25, 0.3) is 0 Å². The number of benzene rings is 2. The van der Waals surface area contributed by atoms with Gasteiger partial charge in [-0.25, -0.2) is 13.1 Å². The topological polar surface area (TPSA) is 179 Å². The Kier molecular flexibility index (Phi) is 11.0. The number of sulfonamides is 1. The van der Waals surface area contributed by atoms with Crippen LogP contribution >= 0.6 is 0 Å². The summed E-state index contributed by atoms with van der Waals surface area (Å²) >= 11 is 0. The highest BCUT2D eigenvalue weighted by Gasteiger charge is 2.20. The van der Waals surface area contributed by atoms with Crippen LogP contribution in [0.4, 0.5) is 0 Å². The van der Waals surface area contributed by atoms with Crippen molar-refractivity contribution < 1.29 is 41.8 Å². The number of nitrogens with one attached hydrogen (secondary N) is 3. The van der Waals surface area contributed by atoms with E-state index in [1.165, 1.54) is 38.5 Å². The molecule has 2 aromatic carbocycles. The predicted molar refractivity (Wildman–Crippen MR) is 150 cm³/mol. The lowest BCUT2D eigenvalue weighted by Crippen LogP contribution is -2.32. The first-order chi connectivity index (χ1) is 20.1. The molecule has 3 N–H and O–H groups in total. The Morgan fingerprint density at radius 1 is 0.810 bits per heavy atom. The number of carbonyl (C=O) groups is 4. The molecule has 14 heteroatoms. The molecule has 3 rings (SSSR count). The second-order valence-corrected chi connectivity index (χ2v) is 10.3. The zero-order valence-corrected chi connectivity index (χ0v) is 23.9. The average Bonchev–Trinajstić information content (AvgIpc) is 2.99. The van der Waals surface area contributed by atoms with E-state index in [4.69, 9.17) is 14.2 Å². The summed E-state index contributed by atoms with van der Waals surface area (Å²) in [5, 5.41) is 5.12. The van der Waals surface area contributed by atoms with Crippen LogP contribution in [-0.2, 0) is 26.0 Å². The van der Waals surface area contributed by atoms with Gasteiger partial charge in [-0.1, -0.05) is 12.1 Å². The van der Waals surface area contributed by atoms with Crippen LogP contribution in [0.15, 0.2) is 65.7 Å². The van der Waals surface area contributed by atoms with Gasteiger partial charge in [0.1, 0.15) is 12.2 Å². The third-order valence-corrected chi connectivity index (χ3v) is 7.11. The zero-order chi connectivity index (χ0) is 30.7. The molecule has 1 aromatic heterocycles. The van der Waals surface area contributed by atoms with Crippen molar-refractivity contribution in [1.29, 1.82) is 0 Å². The second kappa shape index (κ2) is 14.6. The van der Waals surface area contributed by atoms with E-state index < -0.39 is 27.8 Å². The molecular formula is C28H30N4O9S. The van der Waals surface area contributed by atoms with Crippen molar-refractivity contribution in [1.82, 2.24) is 20.3 Å². The van der Waals surface area contributed by atoms with E-state index in [-0.39, 0.29) is 35.2 Å². The minimum atomic E-state index is -4.21. The van der Waals surface area contributed by atoms with Gasteiger partial charge in [-0.05, 0) is 61.4 Å². The SMILES string of the molecule is CCOC(=O)CNC(=O)c1ccc(C(=O)NS(=O)(=O)c2ccc(CCNC(=O)c3ccc(OC)c(OC)c3)cc2)cn1. The zero-order valence-electron chi connectivity index (χ0n) is 23.1. The maximum atomic E-state index is 12.7. The molecule has 42 heavy (non-hydrogen) atoms. The summed E-state index contributed by atoms with van der Waals surface area (Å²) in [6, 6.07) is 13.1. The largest absolute Gasteiger partial charge is 0.493 e. The van der Waals surface area contributed by atoms with Gasteiger partial charge in [0.05, 0.1) is 31.3 Å². The van der Waals surface area contributed by atoms with Crippen molar-refractivity contribution in [3.8, 4) is 11.5 Å². The minimum absolute atomic E-state index is 0.0748. The molecule has 0 aliphatic carbocycles. The van der Waals surface area contributed by atoms with Crippen LogP contribution in [-0.4, -0.2) is 71.0 Å². The molecular weight excluding hydrogens is 568 g/mol. The highest BCUT2D eigenvalue weighted by atomic mass is 32.2. The third kappa shape index (κ3) is 8.51. The smallest absolute Gasteiger partial charge is 0.325 e. The summed E-state index contributed by atoms with van der Waals surface area (Å²) in [6.07, 6.45) is 1.47. The van der Waals surface area contributed by atoms with Crippen molar-refractivity contribution in [2.45, 2.75) is 18.2 Å². The summed E-state index contributed by atoms with van der Waals surface area (Å²) in [4.78, 5) is 52.1. The fourth-order valence-corrected chi connectivity index (χ4v) is 4.57. The fourth-order valence-electron chi connectivity index (χ4n) is 3.59. The number of pyridine rings is 1. The molecule has 0 atom stereocenters. The number of esters is 1. The van der Waals surface area contributed by atoms with Crippen molar-refractivity contribution in [2.24, 2.45) is 0 Å². The second-order valence-electron chi connectivity index (χ2n) is 8.57. The van der Waals surface area contributed by atoms with Gasteiger partial charge in [-0.3, -0.25) is 24.2 Å². The van der Waals surface area contributed by atoms with E-state index in [2.05, 4.69) is 15.6 Å². The number of nitrogens with zero attached hydrogens (tertiary/aromatic N) is 1. The number of rotatable bonds is 13. The molecule has 3 amide bonds. The van der Waals surface area contributed by atoms with Crippen LogP contribution < -0.4 is 24.8 Å². The number of hydrogen-bond acceptors (Lipinski definition) is 10. The number of methoxy groups -OCH3 is 2. The monoisotopic (exact) mass is 598 g/mol. The molecule has 0 radical (unpaired) electrons. The van der Waals surface area contributed by atoms with E-state index in [1.54, 1.807) is 37.3 Å². The molecule has 3 aromatic rings. The summed E-state index contributed by atoms with van der Waals surface area (Å²) in [6.45, 7) is 1.75. The van der Waals surface area contributed by atoms with Crippen molar-refractivity contribution >= 4 is 33.7 Å². The molecule has 0 saturated carbocycles. The summed E-state index contributed by atoms with van der Waals surface area (Å²) in [7, 11) is -1.23. The highest BCUT2D eigenvalue weighted by molar-refractivity contribution is 7.90. The van der Waals surface area contributed by atoms with E-state index in [1.807, 2.05) is 4.72 Å². The molecule has 0 aliphatic rings. The molecule has 0 bridgehead atoms. The van der Waals surface area contributed by atoms with Crippen molar-refractivity contribution in [3.05, 3.63) is 83.2 Å². The average molecular weight is 599 g/mol. The molecule has 13 nitrogen and oxygen atoms in total. The van der Waals surface area contributed by atoms with Gasteiger partial charge < -0.3 is 24.8 Å². The molecule has 0 saturated heterocycles. The van der Waals surface area contributed by atoms with Crippen LogP contribution in [0.3, 0.4) is 0 Å². The van der Waals surface area contributed by atoms with Gasteiger partial charge in [0, 0.05) is 18.3 Å². The van der Waals surface area contributed by atoms with Gasteiger partial charge >= 0.3 is 5.97 Å². The number of aromatic nitrogens is 1. The van der Waals surface area contributed by atoms with E-state index >= 15 is 0 Å². The van der Waals surface area contributed by atoms with Crippen molar-refractivity contribution in [3.63, 3.8) is 0 Å². The Morgan fingerprint density at radius 2 is 1.50 bits per heavy atom. The third-order valence-electron chi connectivity index (χ3n) is 5.76. The van der Waals surface area contributed by atoms with E-state index in [9.17, 15) is 27.6 Å². The van der Waals surface area contributed by atoms with Crippen LogP contribution in [0.1, 0.15) is 43.7 Å². The summed E-state index contributed by atoms with van der Waals surface area (Å²) < 4.78 is 42.5. The molecule has 222 valence electrons. The normalized spacial score (nSPS) is 10.7. The predicted octanol–water partition coefficient (Wildman–Crippen LogP) is 1.48. The minimum Gasteiger partial charge on any atom is -0.493 e. The Labute approximate surface area is 242 Å². The van der Waals surface area contributed by atoms with Gasteiger partial charge in [0.25, 0.3) is 27.7 Å². The summed E-state index contributed by atoms with van der Waals surface area (Å²) in [5.74, 6) is -1.59. The first-order valence-corrected chi connectivity index (χ1v) is 14.1. The Hall–Kier alpha value is -4.98. The van der Waals surface area contributed by atoms with E-state index in [0.717, 1.165) is 11.8 Å². The molecule has 0 fully saturated rings. The Balaban J connectivity index is 1.53. The van der Waals surface area contributed by atoms with Crippen LogP contribution in [0.5, 0.6) is 11.5 Å². The lowest BCUT2D eigenvalue weighted by Gasteiger charge is -2.10. The number of amides is 3. The molecule has 0 unspecified atom stereocenters. The Bertz CT molecular complexity index is 1540. The van der Waals surface area contributed by atoms with Gasteiger partial charge in [0.2, 0.25) is 0 Å². The first kappa shape index (κ1) is 31.5. The number of ether oxygens (including phenoxy) is 3. The lowest BCUT2D eigenvalue weighted by atomic mass is 10.1. The van der Waals surface area contributed by atoms with Gasteiger partial charge in [-0.15, -0.1) is 0 Å². The van der Waals surface area contributed by atoms with Gasteiger partial charge in [0.15, 0.2) is 11.5 Å². The molecule has 0 spiro atoms. The Morgan fingerprint density at radius 3 is 2.12 bits per heavy atom. The molecule has 0 aliphatic heterocycles. The summed E-state index contributed by atoms with van der Waals surface area (Å²) in [5.41, 5.74) is 0.984. The van der Waals surface area contributed by atoms with Gasteiger partial charge in [-0.2, -0.15) is 0 Å². The lowest BCUT2D eigenvalue weighted by molar-refractivity contribution is -0.141. The van der Waals surface area contributed by atoms with Crippen LogP contribution in [0.2, 0.25) is 0 Å².